The molecule has 1 heterocycles. The summed E-state index contributed by atoms with van der Waals surface area (Å²) in [7, 11) is 0. The molecule has 4 heteroatoms. The summed E-state index contributed by atoms with van der Waals surface area (Å²) in [5.41, 5.74) is 5.72. The molecule has 0 radical (unpaired) electrons. The molecule has 0 spiro atoms. The lowest BCUT2D eigenvalue weighted by atomic mass is 10.1. The fraction of sp³-hybridized carbons (Fsp3) is 0.350. The Morgan fingerprint density at radius 3 is 2.46 bits per heavy atom. The molecule has 0 bridgehead atoms. The minimum absolute atomic E-state index is 0.0500. The molecule has 0 atom stereocenters. The summed E-state index contributed by atoms with van der Waals surface area (Å²) >= 11 is 0. The molecule has 0 saturated carbocycles. The molecule has 24 heavy (non-hydrogen) atoms. The third-order valence-electron chi connectivity index (χ3n) is 4.40. The lowest BCUT2D eigenvalue weighted by molar-refractivity contribution is 0.261. The van der Waals surface area contributed by atoms with Crippen LogP contribution in [0.1, 0.15) is 28.9 Å². The topological polar surface area (TPSA) is 47.3 Å². The number of aliphatic hydroxyl groups is 1. The third kappa shape index (κ3) is 3.44. The summed E-state index contributed by atoms with van der Waals surface area (Å²) in [5, 5.41) is 9.60. The maximum atomic E-state index is 9.60. The van der Waals surface area contributed by atoms with E-state index in [2.05, 4.69) is 42.5 Å². The molecule has 0 unspecified atom stereocenters. The van der Waals surface area contributed by atoms with Gasteiger partial charge in [0.25, 0.3) is 0 Å². The van der Waals surface area contributed by atoms with E-state index < -0.39 is 0 Å². The van der Waals surface area contributed by atoms with E-state index in [-0.39, 0.29) is 6.61 Å². The number of aliphatic hydroxyl groups excluding tert-OH is 1. The number of aryl methyl sites for hydroxylation is 4. The Hall–Kier alpha value is -2.33. The van der Waals surface area contributed by atoms with E-state index in [0.29, 0.717) is 12.4 Å². The smallest absolute Gasteiger partial charge is 0.135 e. The SMILES string of the molecule is Cc1ccc(OCCCn2c(CO)nc3cc(C)c(C)cc32)cc1. The molecule has 3 aromatic rings. The average molecular weight is 324 g/mol. The zero-order chi connectivity index (χ0) is 17.1. The van der Waals surface area contributed by atoms with Gasteiger partial charge in [-0.05, 0) is 62.6 Å². The molecule has 1 aromatic heterocycles. The van der Waals surface area contributed by atoms with E-state index in [1.54, 1.807) is 0 Å². The number of benzene rings is 2. The van der Waals surface area contributed by atoms with Crippen molar-refractivity contribution in [2.75, 3.05) is 6.61 Å². The zero-order valence-electron chi connectivity index (χ0n) is 14.5. The third-order valence-corrected chi connectivity index (χ3v) is 4.40. The normalized spacial score (nSPS) is 11.2. The minimum Gasteiger partial charge on any atom is -0.494 e. The Morgan fingerprint density at radius 1 is 1.04 bits per heavy atom. The van der Waals surface area contributed by atoms with E-state index in [9.17, 15) is 5.11 Å². The van der Waals surface area contributed by atoms with Crippen LogP contribution in [0.5, 0.6) is 5.75 Å². The van der Waals surface area contributed by atoms with E-state index >= 15 is 0 Å². The molecule has 0 aliphatic rings. The molecule has 1 N–H and O–H groups in total. The first-order valence-corrected chi connectivity index (χ1v) is 8.35. The zero-order valence-corrected chi connectivity index (χ0v) is 14.5. The van der Waals surface area contributed by atoms with Gasteiger partial charge in [-0.2, -0.15) is 0 Å². The molecule has 0 aliphatic carbocycles. The lowest BCUT2D eigenvalue weighted by Gasteiger charge is -2.10. The van der Waals surface area contributed by atoms with Crippen molar-refractivity contribution in [3.05, 3.63) is 58.9 Å². The van der Waals surface area contributed by atoms with Crippen LogP contribution in [0, 0.1) is 20.8 Å². The van der Waals surface area contributed by atoms with Gasteiger partial charge in [-0.1, -0.05) is 17.7 Å². The molecule has 126 valence electrons. The van der Waals surface area contributed by atoms with E-state index in [0.717, 1.165) is 29.7 Å². The second kappa shape index (κ2) is 7.05. The lowest BCUT2D eigenvalue weighted by Crippen LogP contribution is -2.08. The van der Waals surface area contributed by atoms with E-state index in [1.165, 1.54) is 16.7 Å². The molecular weight excluding hydrogens is 300 g/mol. The maximum absolute atomic E-state index is 9.60. The predicted octanol–water partition coefficient (Wildman–Crippen LogP) is 3.92. The Kier molecular flexibility index (Phi) is 4.86. The van der Waals surface area contributed by atoms with Crippen LogP contribution in [0.15, 0.2) is 36.4 Å². The first-order valence-electron chi connectivity index (χ1n) is 8.35. The number of aromatic nitrogens is 2. The van der Waals surface area contributed by atoms with Gasteiger partial charge in [-0.3, -0.25) is 0 Å². The Bertz CT molecular complexity index is 835. The number of nitrogens with zero attached hydrogens (tertiary/aromatic N) is 2. The van der Waals surface area contributed by atoms with Crippen molar-refractivity contribution in [3.8, 4) is 5.75 Å². The van der Waals surface area contributed by atoms with Crippen molar-refractivity contribution < 1.29 is 9.84 Å². The van der Waals surface area contributed by atoms with Crippen LogP contribution in [0.2, 0.25) is 0 Å². The second-order valence-corrected chi connectivity index (χ2v) is 6.28. The number of hydrogen-bond acceptors (Lipinski definition) is 3. The van der Waals surface area contributed by atoms with Crippen LogP contribution >= 0.6 is 0 Å². The second-order valence-electron chi connectivity index (χ2n) is 6.28. The molecule has 0 aliphatic heterocycles. The van der Waals surface area contributed by atoms with Crippen molar-refractivity contribution in [3.63, 3.8) is 0 Å². The Balaban J connectivity index is 1.70. The quantitative estimate of drug-likeness (QED) is 0.699. The summed E-state index contributed by atoms with van der Waals surface area (Å²) in [6.45, 7) is 7.62. The summed E-state index contributed by atoms with van der Waals surface area (Å²) in [6, 6.07) is 12.3. The fourth-order valence-electron chi connectivity index (χ4n) is 2.85. The first kappa shape index (κ1) is 16.5. The van der Waals surface area contributed by atoms with E-state index in [4.69, 9.17) is 4.74 Å². The van der Waals surface area contributed by atoms with Crippen LogP contribution in [0.3, 0.4) is 0 Å². The number of ether oxygens (including phenoxy) is 1. The van der Waals surface area contributed by atoms with Gasteiger partial charge in [0.1, 0.15) is 18.2 Å². The Morgan fingerprint density at radius 2 is 1.75 bits per heavy atom. The van der Waals surface area contributed by atoms with Crippen molar-refractivity contribution in [2.24, 2.45) is 0 Å². The standard InChI is InChI=1S/C20H24N2O2/c1-14-5-7-17(8-6-14)24-10-4-9-22-19-12-16(3)15(2)11-18(19)21-20(22)13-23/h5-8,11-12,23H,4,9-10,13H2,1-3H3. The fourth-order valence-corrected chi connectivity index (χ4v) is 2.85. The van der Waals surface area contributed by atoms with Crippen molar-refractivity contribution in [1.29, 1.82) is 0 Å². The van der Waals surface area contributed by atoms with Crippen molar-refractivity contribution >= 4 is 11.0 Å². The highest BCUT2D eigenvalue weighted by Crippen LogP contribution is 2.21. The Labute approximate surface area is 142 Å². The molecule has 3 rings (SSSR count). The van der Waals surface area contributed by atoms with Crippen LogP contribution in [-0.4, -0.2) is 21.3 Å². The van der Waals surface area contributed by atoms with Crippen LogP contribution in [0.4, 0.5) is 0 Å². The summed E-state index contributed by atoms with van der Waals surface area (Å²) in [6.07, 6.45) is 0.860. The first-order chi connectivity index (χ1) is 11.6. The molecule has 0 saturated heterocycles. The highest BCUT2D eigenvalue weighted by Gasteiger charge is 2.11. The predicted molar refractivity (Wildman–Crippen MR) is 96.4 cm³/mol. The molecule has 0 fully saturated rings. The molecular formula is C20H24N2O2. The number of fused-ring (bicyclic) bond motifs is 1. The molecule has 0 amide bonds. The number of hydrogen-bond donors (Lipinski definition) is 1. The number of rotatable bonds is 6. The van der Waals surface area contributed by atoms with Crippen molar-refractivity contribution in [2.45, 2.75) is 40.3 Å². The van der Waals surface area contributed by atoms with Gasteiger partial charge in [0.2, 0.25) is 0 Å². The number of imidazole rings is 1. The molecule has 4 nitrogen and oxygen atoms in total. The van der Waals surface area contributed by atoms with Gasteiger partial charge < -0.3 is 14.4 Å². The largest absolute Gasteiger partial charge is 0.494 e. The van der Waals surface area contributed by atoms with Gasteiger partial charge in [0.15, 0.2) is 0 Å². The van der Waals surface area contributed by atoms with Crippen LogP contribution < -0.4 is 4.74 Å². The van der Waals surface area contributed by atoms with Crippen LogP contribution in [0.25, 0.3) is 11.0 Å². The average Bonchev–Trinajstić information content (AvgIpc) is 2.90. The van der Waals surface area contributed by atoms with Gasteiger partial charge >= 0.3 is 0 Å². The van der Waals surface area contributed by atoms with Crippen LogP contribution in [-0.2, 0) is 13.2 Å². The summed E-state index contributed by atoms with van der Waals surface area (Å²) in [4.78, 5) is 4.55. The van der Waals surface area contributed by atoms with Gasteiger partial charge in [-0.15, -0.1) is 0 Å². The molecule has 2 aromatic carbocycles. The highest BCUT2D eigenvalue weighted by molar-refractivity contribution is 5.78. The summed E-state index contributed by atoms with van der Waals surface area (Å²) in [5.74, 6) is 1.61. The van der Waals surface area contributed by atoms with Gasteiger partial charge in [0, 0.05) is 6.54 Å². The van der Waals surface area contributed by atoms with Gasteiger partial charge in [0.05, 0.1) is 17.6 Å². The highest BCUT2D eigenvalue weighted by atomic mass is 16.5. The van der Waals surface area contributed by atoms with Gasteiger partial charge in [-0.25, -0.2) is 4.98 Å². The van der Waals surface area contributed by atoms with E-state index in [1.807, 2.05) is 24.3 Å². The summed E-state index contributed by atoms with van der Waals surface area (Å²) < 4.78 is 7.89. The minimum atomic E-state index is -0.0500. The van der Waals surface area contributed by atoms with Crippen molar-refractivity contribution in [1.82, 2.24) is 9.55 Å². The maximum Gasteiger partial charge on any atom is 0.135 e. The monoisotopic (exact) mass is 324 g/mol.